The maximum Gasteiger partial charge on any atom is 0.228 e. The van der Waals surface area contributed by atoms with Gasteiger partial charge in [-0.05, 0) is 47.4 Å². The molecular formula is C28H28ClFN6O. The minimum Gasteiger partial charge on any atom is -0.508 e. The molecule has 3 saturated heterocycles. The smallest absolute Gasteiger partial charge is 0.228 e. The molecular weight excluding hydrogens is 491 g/mol. The molecule has 37 heavy (non-hydrogen) atoms. The van der Waals surface area contributed by atoms with Crippen molar-refractivity contribution < 1.29 is 9.50 Å². The van der Waals surface area contributed by atoms with E-state index in [0.29, 0.717) is 29.0 Å². The average Bonchev–Trinajstić information content (AvgIpc) is 3.25. The highest BCUT2D eigenvalue weighted by Gasteiger charge is 2.34. The first-order valence-corrected chi connectivity index (χ1v) is 13.3. The Morgan fingerprint density at radius 1 is 0.946 bits per heavy atom. The minimum absolute atomic E-state index is 0.0606. The Kier molecular flexibility index (Phi) is 5.57. The molecule has 3 aromatic carbocycles. The average molecular weight is 519 g/mol. The van der Waals surface area contributed by atoms with Gasteiger partial charge in [0, 0.05) is 62.3 Å². The van der Waals surface area contributed by atoms with Gasteiger partial charge in [0.1, 0.15) is 17.1 Å². The lowest BCUT2D eigenvalue weighted by molar-refractivity contribution is 0.464. The van der Waals surface area contributed by atoms with Gasteiger partial charge in [0.2, 0.25) is 5.95 Å². The number of nitrogens with zero attached hydrogens (tertiary/aromatic N) is 4. The van der Waals surface area contributed by atoms with E-state index in [1.54, 1.807) is 18.2 Å². The van der Waals surface area contributed by atoms with Crippen LogP contribution in [0.15, 0.2) is 42.5 Å². The molecule has 3 N–H and O–H groups in total. The summed E-state index contributed by atoms with van der Waals surface area (Å²) in [5.41, 5.74) is 1.05. The van der Waals surface area contributed by atoms with Gasteiger partial charge in [-0.3, -0.25) is 0 Å². The predicted octanol–water partition coefficient (Wildman–Crippen LogP) is 4.30. The maximum absolute atomic E-state index is 16.6. The van der Waals surface area contributed by atoms with Crippen LogP contribution in [0.4, 0.5) is 16.2 Å². The van der Waals surface area contributed by atoms with E-state index in [1.807, 2.05) is 24.3 Å². The second-order valence-electron chi connectivity index (χ2n) is 10.3. The SMILES string of the molecule is Oc1cc(-c2c(Cl)cc3c(N4C[C@H]5CC[C@@H](C4)N5)nc(N4CCNCC4)nc3c2F)c2ccccc2c1. The number of aromatic nitrogens is 2. The van der Waals surface area contributed by atoms with Crippen LogP contribution >= 0.6 is 11.6 Å². The van der Waals surface area contributed by atoms with Crippen molar-refractivity contribution in [3.63, 3.8) is 0 Å². The van der Waals surface area contributed by atoms with Gasteiger partial charge >= 0.3 is 0 Å². The van der Waals surface area contributed by atoms with Crippen molar-refractivity contribution in [2.24, 2.45) is 0 Å². The van der Waals surface area contributed by atoms with Crippen LogP contribution < -0.4 is 20.4 Å². The second kappa shape index (κ2) is 8.97. The Morgan fingerprint density at radius 2 is 1.70 bits per heavy atom. The van der Waals surface area contributed by atoms with Crippen molar-refractivity contribution in [2.45, 2.75) is 24.9 Å². The molecule has 4 aromatic rings. The lowest BCUT2D eigenvalue weighted by Crippen LogP contribution is -2.51. The molecule has 0 aliphatic carbocycles. The maximum atomic E-state index is 16.6. The number of aromatic hydroxyl groups is 1. The second-order valence-corrected chi connectivity index (χ2v) is 10.7. The summed E-state index contributed by atoms with van der Waals surface area (Å²) in [5, 5.41) is 20.0. The van der Waals surface area contributed by atoms with Crippen molar-refractivity contribution in [1.29, 1.82) is 0 Å². The van der Waals surface area contributed by atoms with E-state index in [1.165, 1.54) is 0 Å². The van der Waals surface area contributed by atoms with E-state index >= 15 is 4.39 Å². The van der Waals surface area contributed by atoms with Crippen LogP contribution in [0, 0.1) is 5.82 Å². The molecule has 7 nitrogen and oxygen atoms in total. The van der Waals surface area contributed by atoms with Gasteiger partial charge in [0.15, 0.2) is 5.82 Å². The number of piperazine rings is 2. The number of benzene rings is 3. The molecule has 2 bridgehead atoms. The molecule has 9 heteroatoms. The molecule has 3 fully saturated rings. The lowest BCUT2D eigenvalue weighted by Gasteiger charge is -2.35. The van der Waals surface area contributed by atoms with E-state index in [0.717, 1.165) is 68.7 Å². The number of phenolic OH excluding ortho intramolecular Hbond substituents is 1. The van der Waals surface area contributed by atoms with Crippen molar-refractivity contribution in [1.82, 2.24) is 20.6 Å². The quantitative estimate of drug-likeness (QED) is 0.373. The molecule has 7 rings (SSSR count). The zero-order valence-electron chi connectivity index (χ0n) is 20.3. The third-order valence-electron chi connectivity index (χ3n) is 7.88. The summed E-state index contributed by atoms with van der Waals surface area (Å²) in [6.45, 7) is 4.83. The first-order chi connectivity index (χ1) is 18.0. The summed E-state index contributed by atoms with van der Waals surface area (Å²) in [6.07, 6.45) is 2.28. The summed E-state index contributed by atoms with van der Waals surface area (Å²) in [4.78, 5) is 14.2. The van der Waals surface area contributed by atoms with Crippen LogP contribution in [0.1, 0.15) is 12.8 Å². The fraction of sp³-hybridized carbons (Fsp3) is 0.357. The van der Waals surface area contributed by atoms with E-state index in [9.17, 15) is 5.11 Å². The highest BCUT2D eigenvalue weighted by Crippen LogP contribution is 2.43. The highest BCUT2D eigenvalue weighted by atomic mass is 35.5. The molecule has 0 radical (unpaired) electrons. The minimum atomic E-state index is -0.489. The molecule has 3 aliphatic rings. The molecule has 0 unspecified atom stereocenters. The van der Waals surface area contributed by atoms with Gasteiger partial charge in [-0.2, -0.15) is 4.98 Å². The number of halogens is 2. The molecule has 0 amide bonds. The van der Waals surface area contributed by atoms with Gasteiger partial charge in [-0.15, -0.1) is 0 Å². The van der Waals surface area contributed by atoms with E-state index < -0.39 is 5.82 Å². The Labute approximate surface area is 219 Å². The third-order valence-corrected chi connectivity index (χ3v) is 8.18. The van der Waals surface area contributed by atoms with Gasteiger partial charge in [-0.1, -0.05) is 35.9 Å². The standard InChI is InChI=1S/C28H28ClFN6O/c29-23-13-22-26(25(30)24(23)21-12-19(37)11-16-3-1-2-4-20(16)21)33-28(35-9-7-31-8-10-35)34-27(22)36-14-17-5-6-18(15-36)32-17/h1-4,11-13,17-18,31-32,37H,5-10,14-15H2/t17-,18+. The summed E-state index contributed by atoms with van der Waals surface area (Å²) >= 11 is 6.84. The van der Waals surface area contributed by atoms with Crippen LogP contribution in [-0.2, 0) is 0 Å². The highest BCUT2D eigenvalue weighted by molar-refractivity contribution is 6.35. The van der Waals surface area contributed by atoms with Gasteiger partial charge < -0.3 is 25.5 Å². The zero-order valence-corrected chi connectivity index (χ0v) is 21.1. The first kappa shape index (κ1) is 23.0. The van der Waals surface area contributed by atoms with E-state index in [-0.39, 0.29) is 21.9 Å². The molecule has 4 heterocycles. The number of fused-ring (bicyclic) bond motifs is 4. The number of hydrogen-bond acceptors (Lipinski definition) is 7. The molecule has 0 spiro atoms. The van der Waals surface area contributed by atoms with Crippen LogP contribution in [0.3, 0.4) is 0 Å². The molecule has 3 aliphatic heterocycles. The Bertz CT molecular complexity index is 1510. The zero-order chi connectivity index (χ0) is 25.1. The van der Waals surface area contributed by atoms with Crippen molar-refractivity contribution in [2.75, 3.05) is 49.1 Å². The van der Waals surface area contributed by atoms with Crippen LogP contribution in [0.2, 0.25) is 5.02 Å². The normalized spacial score (nSPS) is 21.8. The Balaban J connectivity index is 1.46. The largest absolute Gasteiger partial charge is 0.508 e. The van der Waals surface area contributed by atoms with Crippen molar-refractivity contribution in [3.05, 3.63) is 53.3 Å². The molecule has 190 valence electrons. The summed E-state index contributed by atoms with van der Waals surface area (Å²) in [7, 11) is 0. The van der Waals surface area contributed by atoms with Crippen LogP contribution in [-0.4, -0.2) is 66.4 Å². The topological polar surface area (TPSA) is 76.6 Å². The van der Waals surface area contributed by atoms with Crippen molar-refractivity contribution in [3.8, 4) is 16.9 Å². The number of phenols is 1. The van der Waals surface area contributed by atoms with Gasteiger partial charge in [-0.25, -0.2) is 9.37 Å². The van der Waals surface area contributed by atoms with E-state index in [4.69, 9.17) is 21.6 Å². The third kappa shape index (κ3) is 3.95. The molecule has 0 saturated carbocycles. The monoisotopic (exact) mass is 518 g/mol. The van der Waals surface area contributed by atoms with E-state index in [2.05, 4.69) is 20.4 Å². The van der Waals surface area contributed by atoms with Gasteiger partial charge in [0.05, 0.1) is 5.02 Å². The van der Waals surface area contributed by atoms with Crippen molar-refractivity contribution >= 4 is 45.0 Å². The number of anilines is 2. The molecule has 1 aromatic heterocycles. The summed E-state index contributed by atoms with van der Waals surface area (Å²) in [6, 6.07) is 13.5. The van der Waals surface area contributed by atoms with Crippen LogP contribution in [0.25, 0.3) is 32.8 Å². The first-order valence-electron chi connectivity index (χ1n) is 12.9. The predicted molar refractivity (Wildman–Crippen MR) is 146 cm³/mol. The van der Waals surface area contributed by atoms with Gasteiger partial charge in [0.25, 0.3) is 0 Å². The fourth-order valence-corrected chi connectivity index (χ4v) is 6.43. The van der Waals surface area contributed by atoms with Crippen LogP contribution in [0.5, 0.6) is 5.75 Å². The summed E-state index contributed by atoms with van der Waals surface area (Å²) in [5.74, 6) is 0.856. The summed E-state index contributed by atoms with van der Waals surface area (Å²) < 4.78 is 16.6. The number of nitrogens with one attached hydrogen (secondary N) is 2. The molecule has 2 atom stereocenters. The fourth-order valence-electron chi connectivity index (χ4n) is 6.13. The number of rotatable bonds is 3. The lowest BCUT2D eigenvalue weighted by atomic mass is 9.96. The number of hydrogen-bond donors (Lipinski definition) is 3. The Hall–Kier alpha value is -3.20. The Morgan fingerprint density at radius 3 is 2.49 bits per heavy atom.